The largest absolute Gasteiger partial charge is 0.393 e. The summed E-state index contributed by atoms with van der Waals surface area (Å²) < 4.78 is 0. The molecule has 1 aliphatic heterocycles. The molecule has 0 aromatic heterocycles. The fraction of sp³-hybridized carbons (Fsp3) is 0.632. The van der Waals surface area contributed by atoms with Gasteiger partial charge in [0.25, 0.3) is 0 Å². The zero-order chi connectivity index (χ0) is 17.0. The molecule has 1 aromatic rings. The van der Waals surface area contributed by atoms with Crippen molar-refractivity contribution in [2.75, 3.05) is 13.1 Å². The number of carbonyl (C=O) groups excluding carboxylic acids is 1. The lowest BCUT2D eigenvalue weighted by atomic mass is 9.87. The lowest BCUT2D eigenvalue weighted by Crippen LogP contribution is -2.55. The summed E-state index contributed by atoms with van der Waals surface area (Å²) in [5.41, 5.74) is 0.852. The van der Waals surface area contributed by atoms with E-state index in [0.717, 1.165) is 13.0 Å². The lowest BCUT2D eigenvalue weighted by Gasteiger charge is -2.41. The van der Waals surface area contributed by atoms with Crippen molar-refractivity contribution in [3.8, 4) is 0 Å². The Hall–Kier alpha value is -1.39. The Balaban J connectivity index is 2.02. The highest BCUT2D eigenvalue weighted by Gasteiger charge is 2.35. The summed E-state index contributed by atoms with van der Waals surface area (Å²) >= 11 is 0. The van der Waals surface area contributed by atoms with Gasteiger partial charge in [0.1, 0.15) is 0 Å². The number of hydrogen-bond acceptors (Lipinski definition) is 3. The Morgan fingerprint density at radius 2 is 1.96 bits per heavy atom. The summed E-state index contributed by atoms with van der Waals surface area (Å²) in [6, 6.07) is 10.5. The first-order chi connectivity index (χ1) is 10.8. The minimum atomic E-state index is -0.397. The van der Waals surface area contributed by atoms with Crippen LogP contribution < -0.4 is 5.32 Å². The molecule has 0 aliphatic carbocycles. The highest BCUT2D eigenvalue weighted by atomic mass is 16.3. The summed E-state index contributed by atoms with van der Waals surface area (Å²) in [5.74, 6) is 0.290. The Bertz CT molecular complexity index is 508. The number of rotatable bonds is 4. The fourth-order valence-electron chi connectivity index (χ4n) is 3.13. The van der Waals surface area contributed by atoms with Crippen molar-refractivity contribution in [3.63, 3.8) is 0 Å². The third-order valence-corrected chi connectivity index (χ3v) is 4.53. The average Bonchev–Trinajstić information content (AvgIpc) is 2.52. The van der Waals surface area contributed by atoms with Gasteiger partial charge in [0, 0.05) is 37.0 Å². The molecule has 3 atom stereocenters. The van der Waals surface area contributed by atoms with Gasteiger partial charge in [-0.15, -0.1) is 0 Å². The van der Waals surface area contributed by atoms with Gasteiger partial charge >= 0.3 is 0 Å². The van der Waals surface area contributed by atoms with Crippen LogP contribution in [-0.2, 0) is 11.3 Å². The normalized spacial score (nSPS) is 23.6. The maximum atomic E-state index is 12.6. The van der Waals surface area contributed by atoms with Gasteiger partial charge in [-0.1, -0.05) is 51.1 Å². The molecule has 1 aliphatic rings. The average molecular weight is 318 g/mol. The number of aliphatic hydroxyl groups excluding tert-OH is 1. The number of likely N-dealkylation sites (tertiary alicyclic amines) is 1. The van der Waals surface area contributed by atoms with Crippen LogP contribution in [0.3, 0.4) is 0 Å². The van der Waals surface area contributed by atoms with Crippen LogP contribution >= 0.6 is 0 Å². The minimum absolute atomic E-state index is 0.128. The van der Waals surface area contributed by atoms with Crippen molar-refractivity contribution in [2.24, 2.45) is 11.3 Å². The van der Waals surface area contributed by atoms with E-state index in [1.165, 1.54) is 5.56 Å². The molecular weight excluding hydrogens is 288 g/mol. The van der Waals surface area contributed by atoms with E-state index in [-0.39, 0.29) is 23.3 Å². The number of nitrogens with one attached hydrogen (secondary N) is 1. The van der Waals surface area contributed by atoms with Crippen molar-refractivity contribution in [2.45, 2.75) is 52.8 Å². The highest BCUT2D eigenvalue weighted by Crippen LogP contribution is 2.25. The smallest absolute Gasteiger partial charge is 0.228 e. The first-order valence-corrected chi connectivity index (χ1v) is 8.52. The molecule has 1 heterocycles. The molecule has 1 saturated heterocycles. The van der Waals surface area contributed by atoms with Crippen LogP contribution in [0.4, 0.5) is 0 Å². The second kappa shape index (κ2) is 7.45. The standard InChI is InChI=1S/C19H30N2O2/c1-14(22)16-10-17(20-11-15-8-6-5-7-9-15)13-21(12-16)18(23)19(2,3)4/h5-9,14,16-17,20,22H,10-13H2,1-4H3. The molecule has 1 aromatic carbocycles. The van der Waals surface area contributed by atoms with Crippen LogP contribution in [-0.4, -0.2) is 41.1 Å². The molecule has 0 radical (unpaired) electrons. The second-order valence-electron chi connectivity index (χ2n) is 7.76. The molecular formula is C19H30N2O2. The Kier molecular flexibility index (Phi) is 5.82. The van der Waals surface area contributed by atoms with Gasteiger partial charge in [-0.2, -0.15) is 0 Å². The van der Waals surface area contributed by atoms with E-state index < -0.39 is 6.10 Å². The van der Waals surface area contributed by atoms with E-state index >= 15 is 0 Å². The summed E-state index contributed by atoms with van der Waals surface area (Å²) in [6.45, 7) is 9.83. The molecule has 3 unspecified atom stereocenters. The molecule has 0 bridgehead atoms. The van der Waals surface area contributed by atoms with Crippen molar-refractivity contribution < 1.29 is 9.90 Å². The Morgan fingerprint density at radius 1 is 1.30 bits per heavy atom. The number of nitrogens with zero attached hydrogens (tertiary/aromatic N) is 1. The van der Waals surface area contributed by atoms with Crippen molar-refractivity contribution in [1.82, 2.24) is 10.2 Å². The summed E-state index contributed by atoms with van der Waals surface area (Å²) in [5, 5.41) is 13.6. The van der Waals surface area contributed by atoms with E-state index in [0.29, 0.717) is 13.1 Å². The molecule has 0 spiro atoms. The maximum Gasteiger partial charge on any atom is 0.228 e. The van der Waals surface area contributed by atoms with Gasteiger partial charge in [0.05, 0.1) is 6.10 Å². The van der Waals surface area contributed by atoms with Gasteiger partial charge in [0.15, 0.2) is 0 Å². The molecule has 23 heavy (non-hydrogen) atoms. The predicted molar refractivity (Wildman–Crippen MR) is 92.9 cm³/mol. The lowest BCUT2D eigenvalue weighted by molar-refractivity contribution is -0.142. The van der Waals surface area contributed by atoms with Crippen molar-refractivity contribution in [3.05, 3.63) is 35.9 Å². The molecule has 2 N–H and O–H groups in total. The third kappa shape index (κ3) is 5.05. The topological polar surface area (TPSA) is 52.6 Å². The van der Waals surface area contributed by atoms with E-state index in [1.807, 2.05) is 50.8 Å². The molecule has 2 rings (SSSR count). The van der Waals surface area contributed by atoms with Crippen LogP contribution in [0.5, 0.6) is 0 Å². The van der Waals surface area contributed by atoms with Crippen molar-refractivity contribution >= 4 is 5.91 Å². The van der Waals surface area contributed by atoms with Crippen LogP contribution in [0, 0.1) is 11.3 Å². The number of benzene rings is 1. The van der Waals surface area contributed by atoms with E-state index in [9.17, 15) is 9.90 Å². The van der Waals surface area contributed by atoms with Crippen LogP contribution in [0.1, 0.15) is 39.7 Å². The summed E-state index contributed by atoms with van der Waals surface area (Å²) in [7, 11) is 0. The van der Waals surface area contributed by atoms with Gasteiger partial charge in [-0.05, 0) is 18.9 Å². The third-order valence-electron chi connectivity index (χ3n) is 4.53. The number of carbonyl (C=O) groups is 1. The first kappa shape index (κ1) is 18.0. The van der Waals surface area contributed by atoms with Gasteiger partial charge in [-0.25, -0.2) is 0 Å². The zero-order valence-corrected chi connectivity index (χ0v) is 14.7. The maximum absolute atomic E-state index is 12.6. The summed E-state index contributed by atoms with van der Waals surface area (Å²) in [4.78, 5) is 14.5. The van der Waals surface area contributed by atoms with E-state index in [1.54, 1.807) is 0 Å². The number of piperidine rings is 1. The zero-order valence-electron chi connectivity index (χ0n) is 14.7. The van der Waals surface area contributed by atoms with Crippen LogP contribution in [0.25, 0.3) is 0 Å². The number of aliphatic hydroxyl groups is 1. The molecule has 1 amide bonds. The fourth-order valence-corrected chi connectivity index (χ4v) is 3.13. The Labute approximate surface area is 139 Å². The Morgan fingerprint density at radius 3 is 2.52 bits per heavy atom. The van der Waals surface area contributed by atoms with Gasteiger partial charge in [-0.3, -0.25) is 4.79 Å². The number of amides is 1. The molecule has 4 nitrogen and oxygen atoms in total. The van der Waals surface area contributed by atoms with E-state index in [4.69, 9.17) is 0 Å². The predicted octanol–water partition coefficient (Wildman–Crippen LogP) is 2.42. The molecule has 4 heteroatoms. The van der Waals surface area contributed by atoms with E-state index in [2.05, 4.69) is 17.4 Å². The second-order valence-corrected chi connectivity index (χ2v) is 7.76. The van der Waals surface area contributed by atoms with Crippen LogP contribution in [0.2, 0.25) is 0 Å². The monoisotopic (exact) mass is 318 g/mol. The molecule has 0 saturated carbocycles. The molecule has 128 valence electrons. The summed E-state index contributed by atoms with van der Waals surface area (Å²) in [6.07, 6.45) is 0.505. The highest BCUT2D eigenvalue weighted by molar-refractivity contribution is 5.81. The SMILES string of the molecule is CC(O)C1CC(NCc2ccccc2)CN(C(=O)C(C)(C)C)C1. The molecule has 1 fully saturated rings. The minimum Gasteiger partial charge on any atom is -0.393 e. The quantitative estimate of drug-likeness (QED) is 0.896. The van der Waals surface area contributed by atoms with Gasteiger partial charge < -0.3 is 15.3 Å². The van der Waals surface area contributed by atoms with Crippen molar-refractivity contribution in [1.29, 1.82) is 0 Å². The first-order valence-electron chi connectivity index (χ1n) is 8.52. The van der Waals surface area contributed by atoms with Gasteiger partial charge in [0.2, 0.25) is 5.91 Å². The number of hydrogen-bond donors (Lipinski definition) is 2. The van der Waals surface area contributed by atoms with Crippen LogP contribution in [0.15, 0.2) is 30.3 Å².